The van der Waals surface area contributed by atoms with E-state index in [0.717, 1.165) is 13.8 Å². The molecule has 1 fully saturated rings. The second-order valence-corrected chi connectivity index (χ2v) is 13.8. The van der Waals surface area contributed by atoms with Crippen LogP contribution in [0.25, 0.3) is 5.82 Å². The molecule has 0 aromatic carbocycles. The number of halogens is 3. The molecule has 2 aromatic heterocycles. The summed E-state index contributed by atoms with van der Waals surface area (Å²) in [7, 11) is -1.77. The van der Waals surface area contributed by atoms with E-state index >= 15 is 0 Å². The Morgan fingerprint density at radius 1 is 1.30 bits per heavy atom. The maximum Gasteiger partial charge on any atom is 0.394 e. The predicted molar refractivity (Wildman–Crippen MR) is 143 cm³/mol. The number of amides is 1. The SMILES string of the molecule is CCc1nc(C(=O)NC[C@]2(C)CC[C@@H](S(C)(=O)=O)CC2)c(C#N)n1-c1ncc(CC(C)(C)C(F)(F)F)cc1OC. The highest BCUT2D eigenvalue weighted by atomic mass is 32.2. The molecular weight excluding hydrogens is 547 g/mol. The van der Waals surface area contributed by atoms with Crippen molar-refractivity contribution in [3.63, 3.8) is 0 Å². The molecule has 0 saturated heterocycles. The Kier molecular flexibility index (Phi) is 8.94. The van der Waals surface area contributed by atoms with Gasteiger partial charge < -0.3 is 10.1 Å². The number of methoxy groups -OCH3 is 1. The number of pyridine rings is 1. The summed E-state index contributed by atoms with van der Waals surface area (Å²) in [4.78, 5) is 21.9. The maximum absolute atomic E-state index is 13.4. The number of nitrogens with zero attached hydrogens (tertiary/aromatic N) is 4. The van der Waals surface area contributed by atoms with Gasteiger partial charge in [-0.1, -0.05) is 27.7 Å². The fourth-order valence-corrected chi connectivity index (χ4v) is 6.06. The quantitative estimate of drug-likeness (QED) is 0.458. The van der Waals surface area contributed by atoms with Crippen LogP contribution in [0.2, 0.25) is 0 Å². The number of ether oxygens (including phenoxy) is 1. The van der Waals surface area contributed by atoms with E-state index in [0.29, 0.717) is 43.5 Å². The molecule has 2 aromatic rings. The second-order valence-electron chi connectivity index (χ2n) is 11.5. The summed E-state index contributed by atoms with van der Waals surface area (Å²) >= 11 is 0. The van der Waals surface area contributed by atoms with Gasteiger partial charge in [0.15, 0.2) is 23.0 Å². The molecule has 1 aliphatic carbocycles. The van der Waals surface area contributed by atoms with Gasteiger partial charge in [0.25, 0.3) is 5.91 Å². The third kappa shape index (κ3) is 6.59. The van der Waals surface area contributed by atoms with Crippen LogP contribution in [0.15, 0.2) is 12.3 Å². The molecule has 1 saturated carbocycles. The number of aryl methyl sites for hydroxylation is 1. The van der Waals surface area contributed by atoms with Gasteiger partial charge in [-0.05, 0) is 49.1 Å². The van der Waals surface area contributed by atoms with Crippen LogP contribution in [-0.4, -0.2) is 60.2 Å². The van der Waals surface area contributed by atoms with Crippen molar-refractivity contribution in [1.82, 2.24) is 19.9 Å². The lowest BCUT2D eigenvalue weighted by Gasteiger charge is -2.36. The molecule has 1 aliphatic rings. The number of hydrogen-bond acceptors (Lipinski definition) is 7. The molecule has 0 bridgehead atoms. The summed E-state index contributed by atoms with van der Waals surface area (Å²) in [6.07, 6.45) is 0.433. The summed E-state index contributed by atoms with van der Waals surface area (Å²) in [6.45, 7) is 6.27. The van der Waals surface area contributed by atoms with Crippen LogP contribution in [0.4, 0.5) is 13.2 Å². The summed E-state index contributed by atoms with van der Waals surface area (Å²) in [6, 6.07) is 3.47. The Hall–Kier alpha value is -3.14. The van der Waals surface area contributed by atoms with Gasteiger partial charge in [0.05, 0.1) is 17.8 Å². The third-order valence-corrected chi connectivity index (χ3v) is 9.42. The van der Waals surface area contributed by atoms with E-state index in [1.54, 1.807) is 6.92 Å². The van der Waals surface area contributed by atoms with E-state index in [1.165, 1.54) is 30.2 Å². The molecule has 40 heavy (non-hydrogen) atoms. The number of imidazole rings is 1. The second kappa shape index (κ2) is 11.4. The van der Waals surface area contributed by atoms with Crippen LogP contribution in [-0.2, 0) is 22.7 Å². The number of aromatic nitrogens is 3. The van der Waals surface area contributed by atoms with E-state index in [2.05, 4.69) is 15.3 Å². The van der Waals surface area contributed by atoms with E-state index < -0.39 is 27.3 Å². The van der Waals surface area contributed by atoms with Gasteiger partial charge in [-0.3, -0.25) is 9.36 Å². The lowest BCUT2D eigenvalue weighted by Crippen LogP contribution is -2.40. The van der Waals surface area contributed by atoms with Crippen molar-refractivity contribution in [3.8, 4) is 17.6 Å². The summed E-state index contributed by atoms with van der Waals surface area (Å²) < 4.78 is 70.9. The topological polar surface area (TPSA) is 127 Å². The highest BCUT2D eigenvalue weighted by Crippen LogP contribution is 2.41. The third-order valence-electron chi connectivity index (χ3n) is 7.74. The summed E-state index contributed by atoms with van der Waals surface area (Å²) in [5.74, 6) is 0.0815. The van der Waals surface area contributed by atoms with Crippen molar-refractivity contribution < 1.29 is 31.1 Å². The first-order valence-corrected chi connectivity index (χ1v) is 15.0. The molecule has 0 unspecified atom stereocenters. The highest BCUT2D eigenvalue weighted by Gasteiger charge is 2.47. The molecule has 220 valence electrons. The van der Waals surface area contributed by atoms with Crippen LogP contribution in [0, 0.1) is 22.2 Å². The van der Waals surface area contributed by atoms with Crippen molar-refractivity contribution in [2.75, 3.05) is 19.9 Å². The van der Waals surface area contributed by atoms with Crippen molar-refractivity contribution in [2.24, 2.45) is 10.8 Å². The molecule has 0 spiro atoms. The standard InChI is InChI=1S/C27H36F3N5O4S/c1-7-21-34-22(24(36)33-16-26(4)10-8-18(9-11-26)40(6,37)38)19(14-31)35(21)23-20(39-5)12-17(15-32-23)13-25(2,3)27(28,29)30/h12,15,18H,7-11,13,16H2,1-6H3,(H,33,36)/t18-,26-. The van der Waals surface area contributed by atoms with Crippen LogP contribution in [0.3, 0.4) is 0 Å². The minimum atomic E-state index is -4.42. The van der Waals surface area contributed by atoms with E-state index in [4.69, 9.17) is 4.74 Å². The first-order chi connectivity index (χ1) is 18.5. The van der Waals surface area contributed by atoms with Crippen molar-refractivity contribution >= 4 is 15.7 Å². The predicted octanol–water partition coefficient (Wildman–Crippen LogP) is 4.56. The molecule has 1 N–H and O–H groups in total. The zero-order valence-corrected chi connectivity index (χ0v) is 24.5. The number of carbonyl (C=O) groups is 1. The Morgan fingerprint density at radius 2 is 1.93 bits per heavy atom. The Labute approximate surface area is 233 Å². The van der Waals surface area contributed by atoms with Crippen molar-refractivity contribution in [1.29, 1.82) is 5.26 Å². The first-order valence-electron chi connectivity index (χ1n) is 13.0. The van der Waals surface area contributed by atoms with Crippen LogP contribution in [0.1, 0.15) is 80.9 Å². The average molecular weight is 584 g/mol. The molecule has 9 nitrogen and oxygen atoms in total. The van der Waals surface area contributed by atoms with Gasteiger partial charge in [-0.25, -0.2) is 18.4 Å². The average Bonchev–Trinajstić information content (AvgIpc) is 3.24. The van der Waals surface area contributed by atoms with Gasteiger partial charge in [0.2, 0.25) is 0 Å². The number of nitriles is 1. The zero-order valence-electron chi connectivity index (χ0n) is 23.6. The van der Waals surface area contributed by atoms with Crippen molar-refractivity contribution in [2.45, 2.75) is 77.6 Å². The van der Waals surface area contributed by atoms with E-state index in [-0.39, 0.29) is 46.6 Å². The first kappa shape index (κ1) is 31.4. The monoisotopic (exact) mass is 583 g/mol. The van der Waals surface area contributed by atoms with Gasteiger partial charge in [0.1, 0.15) is 21.7 Å². The van der Waals surface area contributed by atoms with Crippen LogP contribution in [0.5, 0.6) is 5.75 Å². The molecular formula is C27H36F3N5O4S. The molecule has 13 heteroatoms. The fraction of sp³-hybridized carbons (Fsp3) is 0.630. The van der Waals surface area contributed by atoms with E-state index in [1.807, 2.05) is 13.0 Å². The minimum Gasteiger partial charge on any atom is -0.493 e. The number of carbonyl (C=O) groups excluding carboxylic acids is 1. The fourth-order valence-electron chi connectivity index (χ4n) is 4.97. The summed E-state index contributed by atoms with van der Waals surface area (Å²) in [5.41, 5.74) is -2.16. The lowest BCUT2D eigenvalue weighted by atomic mass is 9.75. The Bertz CT molecular complexity index is 1400. The molecule has 0 aliphatic heterocycles. The molecule has 2 heterocycles. The molecule has 3 rings (SSSR count). The van der Waals surface area contributed by atoms with Gasteiger partial charge in [-0.2, -0.15) is 18.4 Å². The van der Waals surface area contributed by atoms with Crippen LogP contribution < -0.4 is 10.1 Å². The zero-order chi connectivity index (χ0) is 30.1. The Morgan fingerprint density at radius 3 is 2.42 bits per heavy atom. The number of sulfone groups is 1. The number of hydrogen-bond donors (Lipinski definition) is 1. The smallest absolute Gasteiger partial charge is 0.394 e. The largest absolute Gasteiger partial charge is 0.493 e. The minimum absolute atomic E-state index is 0.0746. The maximum atomic E-state index is 13.4. The highest BCUT2D eigenvalue weighted by molar-refractivity contribution is 7.91. The molecule has 0 atom stereocenters. The Balaban J connectivity index is 1.88. The van der Waals surface area contributed by atoms with Gasteiger partial charge in [-0.15, -0.1) is 0 Å². The van der Waals surface area contributed by atoms with Crippen LogP contribution >= 0.6 is 0 Å². The van der Waals surface area contributed by atoms with Crippen molar-refractivity contribution in [3.05, 3.63) is 35.0 Å². The molecule has 1 amide bonds. The lowest BCUT2D eigenvalue weighted by molar-refractivity contribution is -0.211. The molecule has 0 radical (unpaired) electrons. The number of rotatable bonds is 9. The number of nitrogens with one attached hydrogen (secondary N) is 1. The van der Waals surface area contributed by atoms with Gasteiger partial charge >= 0.3 is 6.18 Å². The van der Waals surface area contributed by atoms with Gasteiger partial charge in [0, 0.05) is 25.4 Å². The number of alkyl halides is 3. The normalized spacial score (nSPS) is 20.1. The summed E-state index contributed by atoms with van der Waals surface area (Å²) in [5, 5.41) is 12.5. The van der Waals surface area contributed by atoms with E-state index in [9.17, 15) is 31.6 Å².